The average Bonchev–Trinajstić information content (AvgIpc) is 2.98. The molecule has 126 valence electrons. The summed E-state index contributed by atoms with van der Waals surface area (Å²) in [5, 5.41) is -0.0349. The first-order valence-corrected chi connectivity index (χ1v) is 8.08. The Hall–Kier alpha value is -2.11. The predicted molar refractivity (Wildman–Crippen MR) is 90.6 cm³/mol. The summed E-state index contributed by atoms with van der Waals surface area (Å²) in [4.78, 5) is 14.0. The number of rotatable bonds is 4. The van der Waals surface area contributed by atoms with E-state index in [9.17, 15) is 9.18 Å². The highest BCUT2D eigenvalue weighted by molar-refractivity contribution is 6.30. The molecule has 0 saturated carbocycles. The van der Waals surface area contributed by atoms with E-state index in [1.807, 2.05) is 30.3 Å². The fraction of sp³-hybridized carbons (Fsp3) is 0.278. The Morgan fingerprint density at radius 3 is 2.71 bits per heavy atom. The third-order valence-corrected chi connectivity index (χ3v) is 4.49. The molecule has 0 spiro atoms. The Labute approximate surface area is 145 Å². The lowest BCUT2D eigenvalue weighted by Crippen LogP contribution is -2.35. The van der Waals surface area contributed by atoms with E-state index in [1.165, 1.54) is 18.2 Å². The van der Waals surface area contributed by atoms with Crippen LogP contribution >= 0.6 is 11.6 Å². The molecule has 24 heavy (non-hydrogen) atoms. The summed E-state index contributed by atoms with van der Waals surface area (Å²) in [5.41, 5.74) is 7.32. The minimum absolute atomic E-state index is 0.0349. The van der Waals surface area contributed by atoms with Crippen LogP contribution in [-0.2, 0) is 4.79 Å². The molecule has 2 atom stereocenters. The van der Waals surface area contributed by atoms with Crippen LogP contribution in [0, 0.1) is 5.82 Å². The van der Waals surface area contributed by atoms with Crippen LogP contribution < -0.4 is 10.5 Å². The molecule has 2 aromatic carbocycles. The maximum Gasteiger partial charge on any atom is 0.260 e. The number of halogens is 2. The summed E-state index contributed by atoms with van der Waals surface area (Å²) in [6, 6.07) is 13.8. The number of benzene rings is 2. The standard InChI is InChI=1S/C18H18ClFN2O2/c19-15-8-13(6-7-16(15)20)24-11-18(23)22-9-14(17(21)10-22)12-4-2-1-3-5-12/h1-8,14,17H,9-11,21H2/t14-,17+/m0/s1. The van der Waals surface area contributed by atoms with E-state index < -0.39 is 5.82 Å². The van der Waals surface area contributed by atoms with Crippen molar-refractivity contribution >= 4 is 17.5 Å². The summed E-state index contributed by atoms with van der Waals surface area (Å²) in [7, 11) is 0. The molecule has 2 aromatic rings. The Morgan fingerprint density at radius 1 is 1.25 bits per heavy atom. The van der Waals surface area contributed by atoms with Gasteiger partial charge in [0.2, 0.25) is 0 Å². The number of likely N-dealkylation sites (tertiary alicyclic amines) is 1. The predicted octanol–water partition coefficient (Wildman–Crippen LogP) is 2.81. The molecule has 1 aliphatic heterocycles. The smallest absolute Gasteiger partial charge is 0.260 e. The van der Waals surface area contributed by atoms with Crippen molar-refractivity contribution in [3.8, 4) is 5.75 Å². The Balaban J connectivity index is 1.59. The van der Waals surface area contributed by atoms with Gasteiger partial charge in [-0.3, -0.25) is 4.79 Å². The summed E-state index contributed by atoms with van der Waals surface area (Å²) in [6.45, 7) is 0.930. The third kappa shape index (κ3) is 3.68. The van der Waals surface area contributed by atoms with Crippen LogP contribution in [0.15, 0.2) is 48.5 Å². The number of hydrogen-bond donors (Lipinski definition) is 1. The minimum Gasteiger partial charge on any atom is -0.484 e. The summed E-state index contributed by atoms with van der Waals surface area (Å²) in [6.07, 6.45) is 0. The summed E-state index contributed by atoms with van der Waals surface area (Å²) in [5.74, 6) is -0.191. The monoisotopic (exact) mass is 348 g/mol. The van der Waals surface area contributed by atoms with Crippen LogP contribution in [0.5, 0.6) is 5.75 Å². The zero-order valence-corrected chi connectivity index (χ0v) is 13.7. The molecular formula is C18H18ClFN2O2. The van der Waals surface area contributed by atoms with Gasteiger partial charge in [0, 0.05) is 31.1 Å². The van der Waals surface area contributed by atoms with Gasteiger partial charge in [-0.1, -0.05) is 41.9 Å². The van der Waals surface area contributed by atoms with Crippen molar-refractivity contribution in [3.63, 3.8) is 0 Å². The van der Waals surface area contributed by atoms with E-state index in [0.29, 0.717) is 18.8 Å². The lowest BCUT2D eigenvalue weighted by Gasteiger charge is -2.17. The van der Waals surface area contributed by atoms with Crippen molar-refractivity contribution in [1.82, 2.24) is 4.90 Å². The van der Waals surface area contributed by atoms with Crippen LogP contribution in [0.2, 0.25) is 5.02 Å². The molecule has 1 saturated heterocycles. The van der Waals surface area contributed by atoms with Gasteiger partial charge in [-0.05, 0) is 17.7 Å². The number of hydrogen-bond acceptors (Lipinski definition) is 3. The van der Waals surface area contributed by atoms with Gasteiger partial charge in [-0.25, -0.2) is 4.39 Å². The molecule has 2 N–H and O–H groups in total. The molecule has 0 bridgehead atoms. The quantitative estimate of drug-likeness (QED) is 0.924. The Kier molecular flexibility index (Phi) is 5.02. The zero-order valence-electron chi connectivity index (χ0n) is 13.0. The van der Waals surface area contributed by atoms with Gasteiger partial charge in [0.15, 0.2) is 6.61 Å². The van der Waals surface area contributed by atoms with Crippen LogP contribution in [0.1, 0.15) is 11.5 Å². The van der Waals surface area contributed by atoms with Gasteiger partial charge in [0.05, 0.1) is 5.02 Å². The van der Waals surface area contributed by atoms with Gasteiger partial charge in [0.1, 0.15) is 11.6 Å². The first-order chi connectivity index (χ1) is 11.5. The SMILES string of the molecule is N[C@@H]1CN(C(=O)COc2ccc(F)c(Cl)c2)C[C@H]1c1ccccc1. The van der Waals surface area contributed by atoms with E-state index in [-0.39, 0.29) is 29.5 Å². The van der Waals surface area contributed by atoms with Crippen LogP contribution in [0.4, 0.5) is 4.39 Å². The molecule has 1 aliphatic rings. The number of ether oxygens (including phenoxy) is 1. The maximum atomic E-state index is 13.1. The molecule has 3 rings (SSSR count). The topological polar surface area (TPSA) is 55.6 Å². The molecule has 0 aromatic heterocycles. The fourth-order valence-corrected chi connectivity index (χ4v) is 3.06. The third-order valence-electron chi connectivity index (χ3n) is 4.20. The normalized spacial score (nSPS) is 20.2. The number of nitrogens with zero attached hydrogens (tertiary/aromatic N) is 1. The molecule has 1 heterocycles. The van der Waals surface area contributed by atoms with Gasteiger partial charge in [0.25, 0.3) is 5.91 Å². The molecule has 0 radical (unpaired) electrons. The van der Waals surface area contributed by atoms with Crippen molar-refractivity contribution in [2.75, 3.05) is 19.7 Å². The summed E-state index contributed by atoms with van der Waals surface area (Å²) < 4.78 is 18.5. The Morgan fingerprint density at radius 2 is 2.00 bits per heavy atom. The van der Waals surface area contributed by atoms with Crippen LogP contribution in [0.3, 0.4) is 0 Å². The minimum atomic E-state index is -0.522. The second-order valence-electron chi connectivity index (χ2n) is 5.84. The fourth-order valence-electron chi connectivity index (χ4n) is 2.89. The van der Waals surface area contributed by atoms with Crippen molar-refractivity contribution in [1.29, 1.82) is 0 Å². The van der Waals surface area contributed by atoms with E-state index in [4.69, 9.17) is 22.1 Å². The zero-order chi connectivity index (χ0) is 17.1. The van der Waals surface area contributed by atoms with Gasteiger partial charge >= 0.3 is 0 Å². The van der Waals surface area contributed by atoms with E-state index in [2.05, 4.69) is 0 Å². The van der Waals surface area contributed by atoms with Crippen molar-refractivity contribution in [3.05, 3.63) is 64.9 Å². The Bertz CT molecular complexity index is 726. The van der Waals surface area contributed by atoms with E-state index in [1.54, 1.807) is 4.90 Å². The maximum absolute atomic E-state index is 13.1. The van der Waals surface area contributed by atoms with Crippen LogP contribution in [0.25, 0.3) is 0 Å². The first-order valence-electron chi connectivity index (χ1n) is 7.71. The molecule has 4 nitrogen and oxygen atoms in total. The lowest BCUT2D eigenvalue weighted by molar-refractivity contribution is -0.132. The van der Waals surface area contributed by atoms with E-state index in [0.717, 1.165) is 5.56 Å². The lowest BCUT2D eigenvalue weighted by atomic mass is 9.95. The van der Waals surface area contributed by atoms with Gasteiger partial charge in [-0.2, -0.15) is 0 Å². The first kappa shape index (κ1) is 16.7. The van der Waals surface area contributed by atoms with Gasteiger partial charge in [-0.15, -0.1) is 0 Å². The molecule has 6 heteroatoms. The highest BCUT2D eigenvalue weighted by Gasteiger charge is 2.33. The van der Waals surface area contributed by atoms with Crippen molar-refractivity contribution in [2.24, 2.45) is 5.73 Å². The van der Waals surface area contributed by atoms with Gasteiger partial charge < -0.3 is 15.4 Å². The molecular weight excluding hydrogens is 331 g/mol. The number of carbonyl (C=O) groups excluding carboxylic acids is 1. The number of nitrogens with two attached hydrogens (primary N) is 1. The number of carbonyl (C=O) groups is 1. The molecule has 0 unspecified atom stereocenters. The van der Waals surface area contributed by atoms with Crippen molar-refractivity contribution < 1.29 is 13.9 Å². The highest BCUT2D eigenvalue weighted by Crippen LogP contribution is 2.26. The second kappa shape index (κ2) is 7.20. The highest BCUT2D eigenvalue weighted by atomic mass is 35.5. The van der Waals surface area contributed by atoms with E-state index >= 15 is 0 Å². The summed E-state index contributed by atoms with van der Waals surface area (Å²) >= 11 is 5.70. The van der Waals surface area contributed by atoms with Crippen molar-refractivity contribution in [2.45, 2.75) is 12.0 Å². The van der Waals surface area contributed by atoms with Crippen LogP contribution in [-0.4, -0.2) is 36.5 Å². The molecule has 1 fully saturated rings. The second-order valence-corrected chi connectivity index (χ2v) is 6.25. The largest absolute Gasteiger partial charge is 0.484 e. The average molecular weight is 349 g/mol. The number of amides is 1. The molecule has 1 amide bonds. The molecule has 0 aliphatic carbocycles.